The minimum Gasteiger partial charge on any atom is -0.259 e. The van der Waals surface area contributed by atoms with Crippen molar-refractivity contribution in [2.45, 2.75) is 12.8 Å². The van der Waals surface area contributed by atoms with Crippen molar-refractivity contribution in [3.05, 3.63) is 59.4 Å². The van der Waals surface area contributed by atoms with E-state index in [1.807, 2.05) is 0 Å². The molecular formula is C14H10F2N2. The van der Waals surface area contributed by atoms with Gasteiger partial charge >= 0.3 is 0 Å². The summed E-state index contributed by atoms with van der Waals surface area (Å²) in [6, 6.07) is 6.02. The molecule has 1 aromatic heterocycles. The third-order valence-electron chi connectivity index (χ3n) is 2.97. The fraction of sp³-hybridized carbons (Fsp3) is 0.143. The van der Waals surface area contributed by atoms with Crippen molar-refractivity contribution in [3.8, 4) is 0 Å². The van der Waals surface area contributed by atoms with E-state index in [1.54, 1.807) is 6.07 Å². The molecule has 0 aliphatic heterocycles. The van der Waals surface area contributed by atoms with Gasteiger partial charge in [-0.05, 0) is 30.5 Å². The lowest BCUT2D eigenvalue weighted by atomic mass is 10.1. The van der Waals surface area contributed by atoms with Crippen molar-refractivity contribution < 1.29 is 8.78 Å². The Balaban J connectivity index is 2.03. The number of fused-ring (bicyclic) bond motifs is 1. The van der Waals surface area contributed by atoms with Crippen molar-refractivity contribution in [3.63, 3.8) is 0 Å². The molecule has 0 fully saturated rings. The van der Waals surface area contributed by atoms with E-state index in [9.17, 15) is 8.78 Å². The Kier molecular flexibility index (Phi) is 2.63. The highest BCUT2D eigenvalue weighted by Gasteiger charge is 2.18. The number of nitrogens with zero attached hydrogens (tertiary/aromatic N) is 2. The van der Waals surface area contributed by atoms with Gasteiger partial charge < -0.3 is 0 Å². The van der Waals surface area contributed by atoms with Crippen LogP contribution in [0.15, 0.2) is 41.7 Å². The molecule has 1 aliphatic carbocycles. The minimum atomic E-state index is -0.422. The fourth-order valence-corrected chi connectivity index (χ4v) is 2.16. The average molecular weight is 244 g/mol. The fourth-order valence-electron chi connectivity index (χ4n) is 2.16. The normalized spacial score (nSPS) is 16.0. The molecule has 0 amide bonds. The average Bonchev–Trinajstić information content (AvgIpc) is 2.72. The van der Waals surface area contributed by atoms with Crippen molar-refractivity contribution in [1.29, 1.82) is 0 Å². The predicted molar refractivity (Wildman–Crippen MR) is 65.1 cm³/mol. The molecule has 90 valence electrons. The Morgan fingerprint density at radius 1 is 1.00 bits per heavy atom. The first-order valence-corrected chi connectivity index (χ1v) is 5.69. The number of aryl methyl sites for hydroxylation is 1. The van der Waals surface area contributed by atoms with Gasteiger partial charge in [-0.15, -0.1) is 0 Å². The minimum absolute atomic E-state index is 0.277. The first-order chi connectivity index (χ1) is 8.72. The molecule has 0 saturated heterocycles. The molecule has 18 heavy (non-hydrogen) atoms. The summed E-state index contributed by atoms with van der Waals surface area (Å²) in [6.07, 6.45) is 4.21. The first-order valence-electron chi connectivity index (χ1n) is 5.69. The van der Waals surface area contributed by atoms with Gasteiger partial charge in [-0.1, -0.05) is 6.07 Å². The van der Waals surface area contributed by atoms with E-state index < -0.39 is 5.82 Å². The number of aromatic nitrogens is 1. The molecule has 0 radical (unpaired) electrons. The molecule has 2 aromatic rings. The van der Waals surface area contributed by atoms with Crippen LogP contribution in [-0.4, -0.2) is 10.7 Å². The van der Waals surface area contributed by atoms with Crippen molar-refractivity contribution >= 4 is 11.4 Å². The van der Waals surface area contributed by atoms with Crippen LogP contribution in [0.5, 0.6) is 0 Å². The molecule has 0 N–H and O–H groups in total. The van der Waals surface area contributed by atoms with Crippen molar-refractivity contribution in [1.82, 2.24) is 4.98 Å². The largest absolute Gasteiger partial charge is 0.259 e. The molecule has 2 nitrogen and oxygen atoms in total. The molecule has 1 aromatic carbocycles. The maximum Gasteiger partial charge on any atom is 0.143 e. The monoisotopic (exact) mass is 244 g/mol. The summed E-state index contributed by atoms with van der Waals surface area (Å²) in [7, 11) is 0. The van der Waals surface area contributed by atoms with Gasteiger partial charge in [0.15, 0.2) is 0 Å². The summed E-state index contributed by atoms with van der Waals surface area (Å²) < 4.78 is 26.2. The van der Waals surface area contributed by atoms with Crippen LogP contribution in [0.4, 0.5) is 14.5 Å². The van der Waals surface area contributed by atoms with Crippen LogP contribution in [0.25, 0.3) is 0 Å². The van der Waals surface area contributed by atoms with Crippen LogP contribution in [0.3, 0.4) is 0 Å². The van der Waals surface area contributed by atoms with Gasteiger partial charge in [-0.3, -0.25) is 9.98 Å². The van der Waals surface area contributed by atoms with Crippen LogP contribution in [0.2, 0.25) is 0 Å². The lowest BCUT2D eigenvalue weighted by Crippen LogP contribution is -1.94. The summed E-state index contributed by atoms with van der Waals surface area (Å²) in [5, 5.41) is 0. The number of rotatable bonds is 1. The van der Waals surface area contributed by atoms with E-state index in [4.69, 9.17) is 0 Å². The second kappa shape index (κ2) is 4.29. The van der Waals surface area contributed by atoms with E-state index in [2.05, 4.69) is 9.98 Å². The van der Waals surface area contributed by atoms with E-state index in [-0.39, 0.29) is 5.82 Å². The molecule has 1 aliphatic rings. The molecule has 1 heterocycles. The van der Waals surface area contributed by atoms with Crippen LogP contribution in [-0.2, 0) is 6.42 Å². The SMILES string of the molecule is Fc1cncc(N=C2CCc3ccc(F)cc32)c1. The van der Waals surface area contributed by atoms with Gasteiger partial charge in [0.1, 0.15) is 11.6 Å². The van der Waals surface area contributed by atoms with E-state index in [1.165, 1.54) is 24.4 Å². The highest BCUT2D eigenvalue weighted by molar-refractivity contribution is 6.05. The van der Waals surface area contributed by atoms with Crippen molar-refractivity contribution in [2.75, 3.05) is 0 Å². The third kappa shape index (κ3) is 2.01. The van der Waals surface area contributed by atoms with E-state index in [0.29, 0.717) is 5.69 Å². The van der Waals surface area contributed by atoms with Gasteiger partial charge in [-0.25, -0.2) is 8.78 Å². The maximum atomic E-state index is 13.2. The smallest absolute Gasteiger partial charge is 0.143 e. The van der Waals surface area contributed by atoms with Crippen LogP contribution >= 0.6 is 0 Å². The summed E-state index contributed by atoms with van der Waals surface area (Å²) in [6.45, 7) is 0. The molecule has 0 bridgehead atoms. The molecule has 0 atom stereocenters. The molecule has 4 heteroatoms. The van der Waals surface area contributed by atoms with Gasteiger partial charge in [-0.2, -0.15) is 0 Å². The highest BCUT2D eigenvalue weighted by atomic mass is 19.1. The second-order valence-electron chi connectivity index (χ2n) is 4.22. The lowest BCUT2D eigenvalue weighted by molar-refractivity contribution is 0.622. The highest BCUT2D eigenvalue weighted by Crippen LogP contribution is 2.26. The summed E-state index contributed by atoms with van der Waals surface area (Å²) in [5.41, 5.74) is 3.15. The molecule has 3 rings (SSSR count). The number of pyridine rings is 1. The Bertz CT molecular complexity index is 635. The van der Waals surface area contributed by atoms with Gasteiger partial charge in [0, 0.05) is 17.3 Å². The number of hydrogen-bond donors (Lipinski definition) is 0. The molecule has 0 unspecified atom stereocenters. The summed E-state index contributed by atoms with van der Waals surface area (Å²) >= 11 is 0. The Morgan fingerprint density at radius 2 is 1.89 bits per heavy atom. The molecule has 0 saturated carbocycles. The summed E-state index contributed by atoms with van der Waals surface area (Å²) in [5.74, 6) is -0.699. The third-order valence-corrected chi connectivity index (χ3v) is 2.97. The lowest BCUT2D eigenvalue weighted by Gasteiger charge is -2.01. The van der Waals surface area contributed by atoms with E-state index >= 15 is 0 Å². The number of halogens is 2. The quantitative estimate of drug-likeness (QED) is 0.754. The number of benzene rings is 1. The number of aliphatic imine (C=N–C) groups is 1. The van der Waals surface area contributed by atoms with Gasteiger partial charge in [0.2, 0.25) is 0 Å². The topological polar surface area (TPSA) is 25.2 Å². The summed E-state index contributed by atoms with van der Waals surface area (Å²) in [4.78, 5) is 8.09. The predicted octanol–water partition coefficient (Wildman–Crippen LogP) is 3.43. The first kappa shape index (κ1) is 11.0. The zero-order chi connectivity index (χ0) is 12.5. The second-order valence-corrected chi connectivity index (χ2v) is 4.22. The Hall–Kier alpha value is -2.10. The van der Waals surface area contributed by atoms with Crippen LogP contribution in [0, 0.1) is 11.6 Å². The maximum absolute atomic E-state index is 13.2. The van der Waals surface area contributed by atoms with Gasteiger partial charge in [0.25, 0.3) is 0 Å². The van der Waals surface area contributed by atoms with Crippen LogP contribution in [0.1, 0.15) is 17.5 Å². The zero-order valence-corrected chi connectivity index (χ0v) is 9.53. The zero-order valence-electron chi connectivity index (χ0n) is 9.53. The Labute approximate surface area is 103 Å². The molecule has 0 spiro atoms. The Morgan fingerprint density at radius 3 is 2.72 bits per heavy atom. The van der Waals surface area contributed by atoms with Gasteiger partial charge in [0.05, 0.1) is 18.1 Å². The standard InChI is InChI=1S/C14H10F2N2/c15-10-3-1-9-2-4-14(13(9)6-10)18-12-5-11(16)7-17-8-12/h1,3,5-8H,2,4H2. The van der Waals surface area contributed by atoms with Crippen LogP contribution < -0.4 is 0 Å². The number of hydrogen-bond acceptors (Lipinski definition) is 2. The van der Waals surface area contributed by atoms with Crippen molar-refractivity contribution in [2.24, 2.45) is 4.99 Å². The molecular weight excluding hydrogens is 234 g/mol. The van der Waals surface area contributed by atoms with E-state index in [0.717, 1.165) is 35.9 Å².